The van der Waals surface area contributed by atoms with Crippen molar-refractivity contribution in [3.05, 3.63) is 23.8 Å². The van der Waals surface area contributed by atoms with Crippen LogP contribution in [0.25, 0.3) is 0 Å². The van der Waals surface area contributed by atoms with Crippen molar-refractivity contribution in [1.82, 2.24) is 0 Å². The first-order chi connectivity index (χ1) is 14.2. The molecule has 0 amide bonds. The van der Waals surface area contributed by atoms with Gasteiger partial charge in [0.2, 0.25) is 0 Å². The van der Waals surface area contributed by atoms with Crippen LogP contribution in [0.15, 0.2) is 23.8 Å². The maximum atomic E-state index is 11.3. The molecule has 3 heteroatoms. The molecule has 0 radical (unpaired) electrons. The summed E-state index contributed by atoms with van der Waals surface area (Å²) in [5, 5.41) is 0. The van der Waals surface area contributed by atoms with E-state index in [9.17, 15) is 9.59 Å². The Balaban J connectivity index is 1.74. The Morgan fingerprint density at radius 3 is 1.45 bits per heavy atom. The summed E-state index contributed by atoms with van der Waals surface area (Å²) < 4.78 is 4.45. The molecule has 1 rings (SSSR count). The molecule has 0 atom stereocenters. The summed E-state index contributed by atoms with van der Waals surface area (Å²) in [7, 11) is 0. The van der Waals surface area contributed by atoms with Gasteiger partial charge in [-0.15, -0.1) is 0 Å². The maximum Gasteiger partial charge on any atom is 0.346 e. The minimum Gasteiger partial charge on any atom is -0.386 e. The fraction of sp³-hybridized carbons (Fsp3) is 0.769. The first-order valence-electron chi connectivity index (χ1n) is 12.4. The summed E-state index contributed by atoms with van der Waals surface area (Å²) in [6, 6.07) is 0. The van der Waals surface area contributed by atoms with E-state index >= 15 is 0 Å². The van der Waals surface area contributed by atoms with E-state index in [4.69, 9.17) is 0 Å². The van der Waals surface area contributed by atoms with Crippen molar-refractivity contribution in [3.63, 3.8) is 0 Å². The van der Waals surface area contributed by atoms with E-state index in [2.05, 4.69) is 11.7 Å². The third-order valence-electron chi connectivity index (χ3n) is 5.72. The molecule has 0 spiro atoms. The van der Waals surface area contributed by atoms with Gasteiger partial charge in [-0.2, -0.15) is 0 Å². The van der Waals surface area contributed by atoms with Gasteiger partial charge in [-0.05, 0) is 12.8 Å². The van der Waals surface area contributed by atoms with E-state index < -0.39 is 11.9 Å². The van der Waals surface area contributed by atoms with Crippen LogP contribution in [0.5, 0.6) is 0 Å². The standard InChI is InChI=1S/C26H44O3/c1-2-3-4-5-6-7-8-9-10-11-12-13-14-15-16-17-18-19-20-21-22-24-23-25(27)29-26(24)28/h21-23H,2-20H2,1H3/b22-21+. The smallest absolute Gasteiger partial charge is 0.346 e. The zero-order valence-electron chi connectivity index (χ0n) is 18.9. The number of allylic oxidation sites excluding steroid dienone is 1. The van der Waals surface area contributed by atoms with Gasteiger partial charge in [0.25, 0.3) is 0 Å². The van der Waals surface area contributed by atoms with E-state index in [-0.39, 0.29) is 0 Å². The highest BCUT2D eigenvalue weighted by atomic mass is 16.6. The van der Waals surface area contributed by atoms with Crippen molar-refractivity contribution in [1.29, 1.82) is 0 Å². The molecule has 1 heterocycles. The minimum atomic E-state index is -0.553. The Morgan fingerprint density at radius 1 is 0.655 bits per heavy atom. The summed E-state index contributed by atoms with van der Waals surface area (Å²) in [4.78, 5) is 22.2. The first kappa shape index (κ1) is 25.7. The number of rotatable bonds is 20. The van der Waals surface area contributed by atoms with Gasteiger partial charge in [0.1, 0.15) is 0 Å². The average Bonchev–Trinajstić information content (AvgIpc) is 3.03. The largest absolute Gasteiger partial charge is 0.386 e. The summed E-state index contributed by atoms with van der Waals surface area (Å²) in [6.45, 7) is 2.28. The molecule has 29 heavy (non-hydrogen) atoms. The monoisotopic (exact) mass is 404 g/mol. The van der Waals surface area contributed by atoms with Gasteiger partial charge < -0.3 is 4.74 Å². The number of hydrogen-bond acceptors (Lipinski definition) is 3. The summed E-state index contributed by atoms with van der Waals surface area (Å²) >= 11 is 0. The molecular weight excluding hydrogens is 360 g/mol. The third-order valence-corrected chi connectivity index (χ3v) is 5.72. The fourth-order valence-electron chi connectivity index (χ4n) is 3.86. The zero-order valence-corrected chi connectivity index (χ0v) is 18.9. The summed E-state index contributed by atoms with van der Waals surface area (Å²) in [6.07, 6.45) is 30.8. The molecule has 0 N–H and O–H groups in total. The van der Waals surface area contributed by atoms with Crippen LogP contribution in [0.2, 0.25) is 0 Å². The second-order valence-corrected chi connectivity index (χ2v) is 8.51. The Labute approximate surface area is 179 Å². The molecule has 166 valence electrons. The normalized spacial score (nSPS) is 14.0. The number of unbranched alkanes of at least 4 members (excludes halogenated alkanes) is 18. The highest BCUT2D eigenvalue weighted by molar-refractivity contribution is 6.10. The average molecular weight is 405 g/mol. The number of cyclic esters (lactones) is 2. The lowest BCUT2D eigenvalue weighted by Crippen LogP contribution is -2.00. The highest BCUT2D eigenvalue weighted by Gasteiger charge is 2.20. The third kappa shape index (κ3) is 15.2. The SMILES string of the molecule is CCCCCCCCCCCCCCCCCCCC/C=C/C1=CC(=O)OC1=O. The minimum absolute atomic E-state index is 0.373. The Morgan fingerprint density at radius 2 is 1.07 bits per heavy atom. The Bertz CT molecular complexity index is 490. The fourth-order valence-corrected chi connectivity index (χ4v) is 3.86. The van der Waals surface area contributed by atoms with E-state index in [0.29, 0.717) is 5.57 Å². The quantitative estimate of drug-likeness (QED) is 0.117. The molecular formula is C26H44O3. The molecule has 1 aliphatic rings. The van der Waals surface area contributed by atoms with Crippen molar-refractivity contribution in [2.45, 2.75) is 129 Å². The zero-order chi connectivity index (χ0) is 21.0. The van der Waals surface area contributed by atoms with Crippen molar-refractivity contribution in [2.24, 2.45) is 0 Å². The van der Waals surface area contributed by atoms with Crippen LogP contribution in [0.1, 0.15) is 129 Å². The summed E-state index contributed by atoms with van der Waals surface area (Å²) in [5.41, 5.74) is 0.373. The molecule has 3 nitrogen and oxygen atoms in total. The number of carbonyl (C=O) groups is 2. The van der Waals surface area contributed by atoms with Gasteiger partial charge in [-0.25, -0.2) is 9.59 Å². The lowest BCUT2D eigenvalue weighted by molar-refractivity contribution is -0.150. The van der Waals surface area contributed by atoms with Crippen LogP contribution < -0.4 is 0 Å². The molecule has 0 aromatic carbocycles. The van der Waals surface area contributed by atoms with Gasteiger partial charge in [0.15, 0.2) is 0 Å². The molecule has 0 saturated heterocycles. The van der Waals surface area contributed by atoms with Gasteiger partial charge in [-0.3, -0.25) is 0 Å². The molecule has 0 saturated carbocycles. The van der Waals surface area contributed by atoms with Crippen LogP contribution >= 0.6 is 0 Å². The molecule has 1 aliphatic heterocycles. The van der Waals surface area contributed by atoms with Crippen molar-refractivity contribution >= 4 is 11.9 Å². The van der Waals surface area contributed by atoms with E-state index in [1.54, 1.807) is 6.08 Å². The van der Waals surface area contributed by atoms with Crippen molar-refractivity contribution in [2.75, 3.05) is 0 Å². The van der Waals surface area contributed by atoms with Crippen LogP contribution in [0.4, 0.5) is 0 Å². The van der Waals surface area contributed by atoms with E-state index in [1.165, 1.54) is 115 Å². The molecule has 0 aromatic rings. The Kier molecular flexibility index (Phi) is 16.5. The second-order valence-electron chi connectivity index (χ2n) is 8.51. The predicted molar refractivity (Wildman–Crippen MR) is 122 cm³/mol. The second kappa shape index (κ2) is 18.6. The van der Waals surface area contributed by atoms with Gasteiger partial charge in [-0.1, -0.05) is 128 Å². The lowest BCUT2D eigenvalue weighted by Gasteiger charge is -2.03. The number of hydrogen-bond donors (Lipinski definition) is 0. The van der Waals surface area contributed by atoms with Crippen molar-refractivity contribution < 1.29 is 14.3 Å². The molecule has 0 bridgehead atoms. The van der Waals surface area contributed by atoms with Crippen LogP contribution in [-0.2, 0) is 14.3 Å². The van der Waals surface area contributed by atoms with Gasteiger partial charge in [0, 0.05) is 6.08 Å². The van der Waals surface area contributed by atoms with Gasteiger partial charge >= 0.3 is 11.9 Å². The van der Waals surface area contributed by atoms with Crippen LogP contribution in [0.3, 0.4) is 0 Å². The Hall–Kier alpha value is -1.38. The highest BCUT2D eigenvalue weighted by Crippen LogP contribution is 2.15. The molecule has 0 unspecified atom stereocenters. The number of esters is 2. The number of carbonyl (C=O) groups excluding carboxylic acids is 2. The maximum absolute atomic E-state index is 11.3. The number of ether oxygens (including phenoxy) is 1. The topological polar surface area (TPSA) is 43.4 Å². The van der Waals surface area contributed by atoms with Gasteiger partial charge in [0.05, 0.1) is 5.57 Å². The predicted octanol–water partition coefficient (Wildman–Crippen LogP) is 7.98. The van der Waals surface area contributed by atoms with E-state index in [1.807, 2.05) is 6.08 Å². The lowest BCUT2D eigenvalue weighted by atomic mass is 10.0. The van der Waals surface area contributed by atoms with Crippen molar-refractivity contribution in [3.8, 4) is 0 Å². The summed E-state index contributed by atoms with van der Waals surface area (Å²) in [5.74, 6) is -1.08. The molecule has 0 fully saturated rings. The first-order valence-corrected chi connectivity index (χ1v) is 12.4. The molecule has 0 aliphatic carbocycles. The van der Waals surface area contributed by atoms with E-state index in [0.717, 1.165) is 12.8 Å². The van der Waals surface area contributed by atoms with Crippen LogP contribution in [0, 0.1) is 0 Å². The molecule has 0 aromatic heterocycles. The van der Waals surface area contributed by atoms with Crippen LogP contribution in [-0.4, -0.2) is 11.9 Å².